The van der Waals surface area contributed by atoms with Gasteiger partial charge in [-0.3, -0.25) is 9.69 Å². The molecule has 3 nitrogen and oxygen atoms in total. The topological polar surface area (TPSA) is 44.1 Å². The van der Waals surface area contributed by atoms with E-state index in [0.29, 0.717) is 6.42 Å². The van der Waals surface area contributed by atoms with Crippen molar-refractivity contribution in [1.29, 1.82) is 5.26 Å². The number of carbonyl (C=O) groups is 1. The van der Waals surface area contributed by atoms with Crippen LogP contribution >= 0.6 is 11.3 Å². The number of rotatable bonds is 4. The summed E-state index contributed by atoms with van der Waals surface area (Å²) in [5.41, 5.74) is 0.764. The van der Waals surface area contributed by atoms with E-state index < -0.39 is 0 Å². The van der Waals surface area contributed by atoms with Crippen molar-refractivity contribution in [2.75, 3.05) is 11.4 Å². The number of hydrogen-bond donors (Lipinski definition) is 0. The largest absolute Gasteiger partial charge is 0.298 e. The van der Waals surface area contributed by atoms with E-state index in [2.05, 4.69) is 0 Å². The minimum Gasteiger partial charge on any atom is -0.298 e. The zero-order valence-electron chi connectivity index (χ0n) is 9.74. The molecule has 0 saturated carbocycles. The average molecular weight is 256 g/mol. The number of amides is 1. The van der Waals surface area contributed by atoms with E-state index >= 15 is 0 Å². The fourth-order valence-electron chi connectivity index (χ4n) is 1.66. The summed E-state index contributed by atoms with van der Waals surface area (Å²) in [5, 5.41) is 10.8. The summed E-state index contributed by atoms with van der Waals surface area (Å²) in [7, 11) is 0. The summed E-state index contributed by atoms with van der Waals surface area (Å²) in [6.07, 6.45) is 0.342. The van der Waals surface area contributed by atoms with Gasteiger partial charge in [0.1, 0.15) is 6.54 Å². The van der Waals surface area contributed by atoms with Crippen molar-refractivity contribution in [3.05, 3.63) is 52.7 Å². The monoisotopic (exact) mass is 256 g/mol. The number of benzene rings is 1. The number of carbonyl (C=O) groups excluding carboxylic acids is 1. The van der Waals surface area contributed by atoms with Crippen LogP contribution in [0.15, 0.2) is 47.8 Å². The lowest BCUT2D eigenvalue weighted by Crippen LogP contribution is -2.32. The van der Waals surface area contributed by atoms with Crippen molar-refractivity contribution in [2.24, 2.45) is 0 Å². The minimum atomic E-state index is -0.0507. The molecule has 0 fully saturated rings. The third kappa shape index (κ3) is 2.96. The van der Waals surface area contributed by atoms with Gasteiger partial charge in [-0.2, -0.15) is 5.26 Å². The predicted molar refractivity (Wildman–Crippen MR) is 72.4 cm³/mol. The normalized spacial score (nSPS) is 9.72. The van der Waals surface area contributed by atoms with Gasteiger partial charge in [0.25, 0.3) is 0 Å². The molecule has 4 heteroatoms. The van der Waals surface area contributed by atoms with Crippen molar-refractivity contribution in [3.63, 3.8) is 0 Å². The van der Waals surface area contributed by atoms with E-state index in [1.165, 1.54) is 4.90 Å². The molecule has 0 spiro atoms. The molecular weight excluding hydrogens is 244 g/mol. The van der Waals surface area contributed by atoms with E-state index in [0.717, 1.165) is 10.6 Å². The van der Waals surface area contributed by atoms with E-state index in [1.807, 2.05) is 53.9 Å². The lowest BCUT2D eigenvalue weighted by molar-refractivity contribution is -0.117. The summed E-state index contributed by atoms with van der Waals surface area (Å²) in [4.78, 5) is 14.7. The number of nitriles is 1. The van der Waals surface area contributed by atoms with Crippen molar-refractivity contribution in [1.82, 2.24) is 0 Å². The quantitative estimate of drug-likeness (QED) is 0.789. The zero-order valence-corrected chi connectivity index (χ0v) is 10.6. The highest BCUT2D eigenvalue weighted by molar-refractivity contribution is 7.10. The molecule has 1 aromatic heterocycles. The molecule has 1 amide bonds. The highest BCUT2D eigenvalue weighted by atomic mass is 32.1. The average Bonchev–Trinajstić information content (AvgIpc) is 2.89. The molecule has 0 N–H and O–H groups in total. The van der Waals surface area contributed by atoms with Crippen molar-refractivity contribution in [2.45, 2.75) is 6.42 Å². The second kappa shape index (κ2) is 5.99. The third-order valence-corrected chi connectivity index (χ3v) is 3.38. The smallest absolute Gasteiger partial charge is 0.233 e. The molecule has 0 radical (unpaired) electrons. The Morgan fingerprint density at radius 1 is 1.22 bits per heavy atom. The van der Waals surface area contributed by atoms with Crippen LogP contribution in [-0.2, 0) is 11.2 Å². The molecule has 2 rings (SSSR count). The molecule has 0 bridgehead atoms. The van der Waals surface area contributed by atoms with Crippen LogP contribution in [0.1, 0.15) is 4.88 Å². The fraction of sp³-hybridized carbons (Fsp3) is 0.143. The van der Waals surface area contributed by atoms with Crippen LogP contribution < -0.4 is 4.90 Å². The molecule has 0 unspecified atom stereocenters. The first-order valence-corrected chi connectivity index (χ1v) is 6.44. The van der Waals surface area contributed by atoms with E-state index in [9.17, 15) is 4.79 Å². The van der Waals surface area contributed by atoms with Gasteiger partial charge in [-0.1, -0.05) is 24.3 Å². The molecule has 18 heavy (non-hydrogen) atoms. The van der Waals surface area contributed by atoms with E-state index in [-0.39, 0.29) is 12.5 Å². The Bertz CT molecular complexity index is 543. The fourth-order valence-corrected chi connectivity index (χ4v) is 2.36. The molecule has 2 aromatic rings. The number of nitrogens with zero attached hydrogens (tertiary/aromatic N) is 2. The summed E-state index contributed by atoms with van der Waals surface area (Å²) in [6.45, 7) is 0.0776. The van der Waals surface area contributed by atoms with Crippen LogP contribution in [0.5, 0.6) is 0 Å². The number of hydrogen-bond acceptors (Lipinski definition) is 3. The first-order chi connectivity index (χ1) is 8.81. The Kier molecular flexibility index (Phi) is 4.11. The van der Waals surface area contributed by atoms with Crippen LogP contribution in [0, 0.1) is 11.3 Å². The van der Waals surface area contributed by atoms with Gasteiger partial charge < -0.3 is 0 Å². The van der Waals surface area contributed by atoms with E-state index in [4.69, 9.17) is 5.26 Å². The Labute approximate surface area is 110 Å². The lowest BCUT2D eigenvalue weighted by atomic mass is 10.2. The Hall–Kier alpha value is -2.12. The standard InChI is InChI=1S/C14H12N2OS/c15-8-9-16(12-5-2-1-3-6-12)14(17)11-13-7-4-10-18-13/h1-7,10H,9,11H2. The molecule has 90 valence electrons. The van der Waals surface area contributed by atoms with Gasteiger partial charge in [-0.15, -0.1) is 11.3 Å². The second-order valence-corrected chi connectivity index (χ2v) is 4.76. The second-order valence-electron chi connectivity index (χ2n) is 3.73. The molecule has 0 atom stereocenters. The maximum absolute atomic E-state index is 12.2. The maximum atomic E-state index is 12.2. The summed E-state index contributed by atoms with van der Waals surface area (Å²) >= 11 is 1.55. The summed E-state index contributed by atoms with van der Waals surface area (Å²) in [6, 6.07) is 15.2. The van der Waals surface area contributed by atoms with Crippen LogP contribution in [-0.4, -0.2) is 12.5 Å². The first kappa shape index (κ1) is 12.3. The van der Waals surface area contributed by atoms with Crippen LogP contribution in [0.2, 0.25) is 0 Å². The van der Waals surface area contributed by atoms with Crippen LogP contribution in [0.3, 0.4) is 0 Å². The number of thiophene rings is 1. The van der Waals surface area contributed by atoms with Crippen molar-refractivity contribution in [3.8, 4) is 6.07 Å². The highest BCUT2D eigenvalue weighted by Crippen LogP contribution is 2.16. The van der Waals surface area contributed by atoms with Crippen LogP contribution in [0.25, 0.3) is 0 Å². The lowest BCUT2D eigenvalue weighted by Gasteiger charge is -2.19. The number of para-hydroxylation sites is 1. The predicted octanol–water partition coefficient (Wildman–Crippen LogP) is 2.85. The van der Waals surface area contributed by atoms with Crippen molar-refractivity contribution >= 4 is 22.9 Å². The Balaban J connectivity index is 2.16. The zero-order chi connectivity index (χ0) is 12.8. The van der Waals surface area contributed by atoms with Gasteiger partial charge in [0.05, 0.1) is 12.5 Å². The Morgan fingerprint density at radius 2 is 2.00 bits per heavy atom. The van der Waals surface area contributed by atoms with E-state index in [1.54, 1.807) is 11.3 Å². The molecule has 0 aliphatic rings. The molecule has 0 aliphatic carbocycles. The SMILES string of the molecule is N#CCN(C(=O)Cc1cccs1)c1ccccc1. The van der Waals surface area contributed by atoms with Crippen LogP contribution in [0.4, 0.5) is 5.69 Å². The van der Waals surface area contributed by atoms with Gasteiger partial charge in [-0.25, -0.2) is 0 Å². The third-order valence-electron chi connectivity index (χ3n) is 2.50. The molecule has 1 aromatic carbocycles. The number of anilines is 1. The highest BCUT2D eigenvalue weighted by Gasteiger charge is 2.15. The van der Waals surface area contributed by atoms with Gasteiger partial charge in [0.15, 0.2) is 0 Å². The van der Waals surface area contributed by atoms with Crippen molar-refractivity contribution < 1.29 is 4.79 Å². The molecule has 1 heterocycles. The first-order valence-electron chi connectivity index (χ1n) is 5.56. The maximum Gasteiger partial charge on any atom is 0.233 e. The summed E-state index contributed by atoms with van der Waals surface area (Å²) in [5.74, 6) is -0.0507. The van der Waals surface area contributed by atoms with Gasteiger partial charge in [-0.05, 0) is 23.6 Å². The summed E-state index contributed by atoms with van der Waals surface area (Å²) < 4.78 is 0. The van der Waals surface area contributed by atoms with Gasteiger partial charge in [0, 0.05) is 10.6 Å². The molecular formula is C14H12N2OS. The Morgan fingerprint density at radius 3 is 2.61 bits per heavy atom. The molecule has 0 saturated heterocycles. The minimum absolute atomic E-state index is 0.0507. The van der Waals surface area contributed by atoms with Gasteiger partial charge >= 0.3 is 0 Å². The van der Waals surface area contributed by atoms with Gasteiger partial charge in [0.2, 0.25) is 5.91 Å². The molecule has 0 aliphatic heterocycles.